The van der Waals surface area contributed by atoms with Crippen molar-refractivity contribution >= 4 is 23.4 Å². The lowest BCUT2D eigenvalue weighted by Crippen LogP contribution is -2.52. The van der Waals surface area contributed by atoms with Gasteiger partial charge in [0.1, 0.15) is 11.7 Å². The summed E-state index contributed by atoms with van der Waals surface area (Å²) in [5.41, 5.74) is 17.4. The van der Waals surface area contributed by atoms with Crippen molar-refractivity contribution in [1.82, 2.24) is 35.8 Å². The summed E-state index contributed by atoms with van der Waals surface area (Å²) in [5, 5.41) is 17.4. The van der Waals surface area contributed by atoms with E-state index >= 15 is 0 Å². The summed E-state index contributed by atoms with van der Waals surface area (Å²) in [4.78, 5) is 49.3. The molecule has 0 radical (unpaired) electrons. The third kappa shape index (κ3) is 9.02. The van der Waals surface area contributed by atoms with E-state index < -0.39 is 11.9 Å². The number of aromatic nitrogens is 5. The molecule has 0 unspecified atom stereocenters. The Bertz CT molecular complexity index is 1840. The smallest absolute Gasteiger partial charge is 0.270 e. The van der Waals surface area contributed by atoms with Gasteiger partial charge in [0.2, 0.25) is 17.6 Å². The highest BCUT2D eigenvalue weighted by atomic mass is 16.2. The quantitative estimate of drug-likeness (QED) is 0.141. The Labute approximate surface area is 317 Å². The third-order valence-corrected chi connectivity index (χ3v) is 11.6. The Morgan fingerprint density at radius 2 is 1.57 bits per heavy atom. The Morgan fingerprint density at radius 3 is 2.15 bits per heavy atom. The van der Waals surface area contributed by atoms with E-state index in [9.17, 15) is 14.4 Å². The number of hydrogen-bond acceptors (Lipinski definition) is 9. The molecule has 2 aromatic heterocycles. The van der Waals surface area contributed by atoms with Crippen LogP contribution in [0.3, 0.4) is 0 Å². The predicted octanol–water partition coefficient (Wildman–Crippen LogP) is 4.81. The zero-order chi connectivity index (χ0) is 38.2. The standard InChI is InChI=1S/C41H54N10O3/c1-4-50(5-2)33-20-16-32(17-21-33)45-40(53)36-22-26(3)35(25-44-36)29-10-6-27(7-11-29)23-37(38(43)52)51(41(54)31-12-8-28(24-42)9-13-31)34-18-14-30(15-19-34)39-46-48-49-47-39/h6-7,10-11,14-15,18-19,22,25,28,31-33,37H,4-5,8-9,12-13,16-17,20-21,23-24,42H2,1-3H3,(H2,43,52)(H,45,53)(H,46,47,48,49)/t28?,31?,32?,33?,37-/m0/s1. The highest BCUT2D eigenvalue weighted by Gasteiger charge is 2.36. The first-order valence-corrected chi connectivity index (χ1v) is 19.5. The maximum atomic E-state index is 14.3. The van der Waals surface area contributed by atoms with Crippen molar-refractivity contribution < 1.29 is 14.4 Å². The number of pyridine rings is 1. The summed E-state index contributed by atoms with van der Waals surface area (Å²) in [6.45, 7) is 9.12. The molecule has 2 aliphatic rings. The van der Waals surface area contributed by atoms with E-state index in [-0.39, 0.29) is 30.2 Å². The number of benzene rings is 2. The minimum atomic E-state index is -0.917. The molecular weight excluding hydrogens is 681 g/mol. The number of tetrazole rings is 1. The summed E-state index contributed by atoms with van der Waals surface area (Å²) in [5.74, 6) is -0.241. The second kappa shape index (κ2) is 17.9. The average Bonchev–Trinajstić information content (AvgIpc) is 3.75. The largest absolute Gasteiger partial charge is 0.368 e. The van der Waals surface area contributed by atoms with Crippen molar-refractivity contribution in [3.05, 3.63) is 77.6 Å². The zero-order valence-electron chi connectivity index (χ0n) is 31.7. The normalized spacial score (nSPS) is 20.7. The van der Waals surface area contributed by atoms with Gasteiger partial charge in [-0.2, -0.15) is 5.21 Å². The minimum Gasteiger partial charge on any atom is -0.368 e. The first kappa shape index (κ1) is 38.7. The van der Waals surface area contributed by atoms with Crippen molar-refractivity contribution in [3.8, 4) is 22.5 Å². The van der Waals surface area contributed by atoms with Crippen LogP contribution in [0, 0.1) is 18.8 Å². The van der Waals surface area contributed by atoms with Crippen LogP contribution in [-0.4, -0.2) is 86.0 Å². The second-order valence-electron chi connectivity index (χ2n) is 14.8. The van der Waals surface area contributed by atoms with Crippen LogP contribution in [0.2, 0.25) is 0 Å². The summed E-state index contributed by atoms with van der Waals surface area (Å²) in [6.07, 6.45) is 9.29. The van der Waals surface area contributed by atoms with Gasteiger partial charge >= 0.3 is 0 Å². The van der Waals surface area contributed by atoms with E-state index in [0.717, 1.165) is 79.4 Å². The molecule has 6 rings (SSSR count). The monoisotopic (exact) mass is 734 g/mol. The van der Waals surface area contributed by atoms with Gasteiger partial charge in [-0.25, -0.2) is 0 Å². The molecular formula is C41H54N10O3. The van der Waals surface area contributed by atoms with Crippen LogP contribution in [0.4, 0.5) is 5.69 Å². The summed E-state index contributed by atoms with van der Waals surface area (Å²) >= 11 is 0. The van der Waals surface area contributed by atoms with E-state index in [0.29, 0.717) is 48.6 Å². The van der Waals surface area contributed by atoms with Gasteiger partial charge in [-0.05, 0) is 136 Å². The molecule has 6 N–H and O–H groups in total. The number of rotatable bonds is 14. The third-order valence-electron chi connectivity index (χ3n) is 11.6. The lowest BCUT2D eigenvalue weighted by molar-refractivity contribution is -0.127. The van der Waals surface area contributed by atoms with E-state index in [2.05, 4.69) is 49.7 Å². The molecule has 2 heterocycles. The number of carbonyl (C=O) groups is 3. The molecule has 0 bridgehead atoms. The number of nitrogens with zero attached hydrogens (tertiary/aromatic N) is 6. The van der Waals surface area contributed by atoms with Crippen LogP contribution in [0.5, 0.6) is 0 Å². The lowest BCUT2D eigenvalue weighted by atomic mass is 9.81. The molecule has 0 aliphatic heterocycles. The first-order valence-electron chi connectivity index (χ1n) is 19.5. The fourth-order valence-electron chi connectivity index (χ4n) is 8.29. The Hall–Kier alpha value is -5.01. The molecule has 4 aromatic rings. The van der Waals surface area contributed by atoms with Gasteiger partial charge < -0.3 is 21.7 Å². The summed E-state index contributed by atoms with van der Waals surface area (Å²) < 4.78 is 0. The van der Waals surface area contributed by atoms with E-state index in [1.807, 2.05) is 49.4 Å². The number of nitrogens with two attached hydrogens (primary N) is 2. The number of primary amides is 1. The number of hydrogen-bond donors (Lipinski definition) is 4. The van der Waals surface area contributed by atoms with Gasteiger partial charge in [0, 0.05) is 47.4 Å². The zero-order valence-corrected chi connectivity index (χ0v) is 31.7. The molecule has 2 aromatic carbocycles. The number of H-pyrrole nitrogens is 1. The molecule has 2 aliphatic carbocycles. The average molecular weight is 735 g/mol. The van der Waals surface area contributed by atoms with Crippen LogP contribution >= 0.6 is 0 Å². The molecule has 286 valence electrons. The van der Waals surface area contributed by atoms with Gasteiger partial charge in [0.05, 0.1) is 0 Å². The number of nitrogens with one attached hydrogen (secondary N) is 2. The van der Waals surface area contributed by atoms with Gasteiger partial charge in [-0.3, -0.25) is 24.3 Å². The Kier molecular flexibility index (Phi) is 12.8. The first-order chi connectivity index (χ1) is 26.2. The van der Waals surface area contributed by atoms with Crippen LogP contribution in [0.15, 0.2) is 60.8 Å². The van der Waals surface area contributed by atoms with Crippen LogP contribution < -0.4 is 21.7 Å². The molecule has 0 spiro atoms. The number of aromatic amines is 1. The van der Waals surface area contributed by atoms with Crippen molar-refractivity contribution in [1.29, 1.82) is 0 Å². The van der Waals surface area contributed by atoms with Crippen molar-refractivity contribution in [2.24, 2.45) is 23.3 Å². The molecule has 13 heteroatoms. The van der Waals surface area contributed by atoms with Gasteiger partial charge in [0.15, 0.2) is 0 Å². The SMILES string of the molecule is CCN(CC)C1CCC(NC(=O)c2cc(C)c(-c3ccc(C[C@@H](C(N)=O)N(C(=O)C4CCC(CN)CC4)c4ccc(-c5nn[nH]n5)cc4)cc3)cn2)CC1. The highest BCUT2D eigenvalue weighted by molar-refractivity contribution is 6.02. The predicted molar refractivity (Wildman–Crippen MR) is 209 cm³/mol. The van der Waals surface area contributed by atoms with Gasteiger partial charge in [-0.1, -0.05) is 38.1 Å². The highest BCUT2D eigenvalue weighted by Crippen LogP contribution is 2.33. The minimum absolute atomic E-state index is 0.114. The molecule has 2 fully saturated rings. The molecule has 0 saturated heterocycles. The number of amides is 3. The van der Waals surface area contributed by atoms with Crippen LogP contribution in [0.25, 0.3) is 22.5 Å². The topological polar surface area (TPSA) is 189 Å². The summed E-state index contributed by atoms with van der Waals surface area (Å²) in [6, 6.07) is 16.8. The van der Waals surface area contributed by atoms with Gasteiger partial charge in [-0.15, -0.1) is 10.2 Å². The maximum absolute atomic E-state index is 14.3. The number of carbonyl (C=O) groups excluding carboxylic acids is 3. The fourth-order valence-corrected chi connectivity index (χ4v) is 8.29. The second-order valence-corrected chi connectivity index (χ2v) is 14.8. The van der Waals surface area contributed by atoms with E-state index in [4.69, 9.17) is 11.5 Å². The summed E-state index contributed by atoms with van der Waals surface area (Å²) in [7, 11) is 0. The van der Waals surface area contributed by atoms with Gasteiger partial charge in [0.25, 0.3) is 5.91 Å². The maximum Gasteiger partial charge on any atom is 0.270 e. The van der Waals surface area contributed by atoms with Crippen LogP contribution in [-0.2, 0) is 16.0 Å². The van der Waals surface area contributed by atoms with E-state index in [1.54, 1.807) is 23.2 Å². The van der Waals surface area contributed by atoms with Crippen molar-refractivity contribution in [3.63, 3.8) is 0 Å². The Morgan fingerprint density at radius 1 is 0.907 bits per heavy atom. The number of anilines is 1. The molecule has 54 heavy (non-hydrogen) atoms. The van der Waals surface area contributed by atoms with Crippen molar-refractivity contribution in [2.45, 2.75) is 96.7 Å². The molecule has 2 saturated carbocycles. The van der Waals surface area contributed by atoms with Crippen molar-refractivity contribution in [2.75, 3.05) is 24.5 Å². The number of aryl methyl sites for hydroxylation is 1. The molecule has 1 atom stereocenters. The van der Waals surface area contributed by atoms with E-state index in [1.165, 1.54) is 0 Å². The lowest BCUT2D eigenvalue weighted by Gasteiger charge is -2.36. The fraction of sp³-hybridized carbons (Fsp3) is 0.488. The molecule has 13 nitrogen and oxygen atoms in total. The van der Waals surface area contributed by atoms with Crippen LogP contribution in [0.1, 0.15) is 86.8 Å². The molecule has 3 amide bonds. The Balaban J connectivity index is 1.16.